The first-order valence-corrected chi connectivity index (χ1v) is 3.95. The van der Waals surface area contributed by atoms with Crippen molar-refractivity contribution in [3.63, 3.8) is 0 Å². The normalized spacial score (nSPS) is 9.77. The van der Waals surface area contributed by atoms with Crippen LogP contribution in [0.5, 0.6) is 0 Å². The predicted molar refractivity (Wildman–Crippen MR) is 52.5 cm³/mol. The maximum atomic E-state index is 5.06. The molecule has 1 aromatic rings. The van der Waals surface area contributed by atoms with Crippen molar-refractivity contribution in [2.45, 2.75) is 0 Å². The topological polar surface area (TPSA) is 33.7 Å². The van der Waals surface area contributed by atoms with Crippen LogP contribution >= 0.6 is 0 Å². The molecule has 72 valence electrons. The fourth-order valence-corrected chi connectivity index (χ4v) is 1.04. The highest BCUT2D eigenvalue weighted by molar-refractivity contribution is 5.67. The van der Waals surface area contributed by atoms with E-state index in [1.54, 1.807) is 19.3 Å². The minimum atomic E-state index is 0.870. The van der Waals surface area contributed by atoms with Crippen molar-refractivity contribution in [1.29, 1.82) is 0 Å². The van der Waals surface area contributed by atoms with Crippen molar-refractivity contribution in [3.8, 4) is 0 Å². The summed E-state index contributed by atoms with van der Waals surface area (Å²) in [4.78, 5) is 9.89. The Balaban J connectivity index is 2.90. The zero-order chi connectivity index (χ0) is 9.68. The van der Waals surface area contributed by atoms with E-state index in [1.165, 1.54) is 0 Å². The first-order valence-electron chi connectivity index (χ1n) is 3.95. The number of nitrogens with zero attached hydrogens (tertiary/aromatic N) is 1. The van der Waals surface area contributed by atoms with Crippen molar-refractivity contribution in [2.24, 2.45) is 0 Å². The second kappa shape index (κ2) is 4.69. The van der Waals surface area contributed by atoms with Crippen LogP contribution in [0.25, 0.3) is 0 Å². The van der Waals surface area contributed by atoms with Gasteiger partial charge in [0.1, 0.15) is 0 Å². The summed E-state index contributed by atoms with van der Waals surface area (Å²) in [5, 5.41) is 1.65. The Hall–Kier alpha value is -1.26. The van der Waals surface area contributed by atoms with Gasteiger partial charge in [0.05, 0.1) is 25.6 Å². The molecule has 4 heteroatoms. The highest BCUT2D eigenvalue weighted by atomic mass is 16.7. The van der Waals surface area contributed by atoms with Gasteiger partial charge in [-0.2, -0.15) is 0 Å². The average Bonchev–Trinajstić information content (AvgIpc) is 2.18. The molecule has 1 rings (SSSR count). The molecule has 4 nitrogen and oxygen atoms in total. The molecule has 0 saturated carbocycles. The summed E-state index contributed by atoms with van der Waals surface area (Å²) < 4.78 is 0. The second-order valence-corrected chi connectivity index (χ2v) is 2.50. The molecule has 0 heterocycles. The predicted octanol–water partition coefficient (Wildman–Crippen LogP) is 1.66. The van der Waals surface area contributed by atoms with Gasteiger partial charge in [-0.15, -0.1) is 0 Å². The van der Waals surface area contributed by atoms with Gasteiger partial charge in [-0.1, -0.05) is 12.1 Å². The maximum Gasteiger partial charge on any atom is 0.0887 e. The minimum absolute atomic E-state index is 0.870. The Morgan fingerprint density at radius 1 is 1.23 bits per heavy atom. The number of hydrogen-bond acceptors (Lipinski definition) is 4. The van der Waals surface area contributed by atoms with E-state index in [2.05, 4.69) is 5.48 Å². The van der Waals surface area contributed by atoms with Crippen LogP contribution in [0.1, 0.15) is 0 Å². The summed E-state index contributed by atoms with van der Waals surface area (Å²) in [5.74, 6) is 0. The van der Waals surface area contributed by atoms with Gasteiger partial charge in [0.2, 0.25) is 0 Å². The lowest BCUT2D eigenvalue weighted by Crippen LogP contribution is -2.16. The Kier molecular flexibility index (Phi) is 3.54. The summed E-state index contributed by atoms with van der Waals surface area (Å²) >= 11 is 0. The molecular weight excluding hydrogens is 168 g/mol. The lowest BCUT2D eigenvalue weighted by Gasteiger charge is -2.19. The number of rotatable bonds is 4. The SMILES string of the molecule is CONc1ccccc1N(C)OC. The zero-order valence-electron chi connectivity index (χ0n) is 8.07. The van der Waals surface area contributed by atoms with E-state index >= 15 is 0 Å². The average molecular weight is 182 g/mol. The van der Waals surface area contributed by atoms with Crippen molar-refractivity contribution >= 4 is 11.4 Å². The Bertz CT molecular complexity index is 266. The number of para-hydroxylation sites is 2. The molecule has 1 aromatic carbocycles. The number of hydroxylamine groups is 1. The smallest absolute Gasteiger partial charge is 0.0887 e. The first-order chi connectivity index (χ1) is 6.29. The monoisotopic (exact) mass is 182 g/mol. The van der Waals surface area contributed by atoms with Crippen LogP contribution in [0.2, 0.25) is 0 Å². The molecule has 0 aliphatic rings. The van der Waals surface area contributed by atoms with Gasteiger partial charge in [-0.3, -0.25) is 20.2 Å². The van der Waals surface area contributed by atoms with Crippen molar-refractivity contribution in [3.05, 3.63) is 24.3 Å². The fourth-order valence-electron chi connectivity index (χ4n) is 1.04. The molecule has 13 heavy (non-hydrogen) atoms. The summed E-state index contributed by atoms with van der Waals surface area (Å²) in [5.41, 5.74) is 4.56. The van der Waals surface area contributed by atoms with Gasteiger partial charge in [0.25, 0.3) is 0 Å². The largest absolute Gasteiger partial charge is 0.279 e. The van der Waals surface area contributed by atoms with Crippen molar-refractivity contribution in [2.75, 3.05) is 31.8 Å². The summed E-state index contributed by atoms with van der Waals surface area (Å²) in [6.07, 6.45) is 0. The standard InChI is InChI=1S/C9H14N2O2/c1-11(13-3)9-7-5-4-6-8(9)10-12-2/h4-7,10H,1-3H3. The third kappa shape index (κ3) is 2.34. The van der Waals surface area contributed by atoms with Gasteiger partial charge >= 0.3 is 0 Å². The van der Waals surface area contributed by atoms with Crippen LogP contribution in [0.3, 0.4) is 0 Å². The van der Waals surface area contributed by atoms with Gasteiger partial charge in [-0.25, -0.2) is 0 Å². The van der Waals surface area contributed by atoms with Crippen LogP contribution in [0.4, 0.5) is 11.4 Å². The van der Waals surface area contributed by atoms with Crippen LogP contribution in [0.15, 0.2) is 24.3 Å². The highest BCUT2D eigenvalue weighted by Gasteiger charge is 2.04. The van der Waals surface area contributed by atoms with E-state index in [4.69, 9.17) is 9.68 Å². The third-order valence-corrected chi connectivity index (χ3v) is 1.73. The molecule has 0 fully saturated rings. The quantitative estimate of drug-likeness (QED) is 0.718. The van der Waals surface area contributed by atoms with Crippen molar-refractivity contribution < 1.29 is 9.68 Å². The van der Waals surface area contributed by atoms with Crippen LogP contribution in [0, 0.1) is 0 Å². The molecule has 0 atom stereocenters. The number of hydrogen-bond donors (Lipinski definition) is 1. The highest BCUT2D eigenvalue weighted by Crippen LogP contribution is 2.23. The van der Waals surface area contributed by atoms with E-state index in [0.717, 1.165) is 11.4 Å². The van der Waals surface area contributed by atoms with Gasteiger partial charge in [0, 0.05) is 7.05 Å². The van der Waals surface area contributed by atoms with E-state index < -0.39 is 0 Å². The summed E-state index contributed by atoms with van der Waals surface area (Å²) in [6.45, 7) is 0. The van der Waals surface area contributed by atoms with Crippen molar-refractivity contribution in [1.82, 2.24) is 0 Å². The zero-order valence-corrected chi connectivity index (χ0v) is 8.07. The molecule has 0 spiro atoms. The van der Waals surface area contributed by atoms with Crippen LogP contribution < -0.4 is 10.5 Å². The molecule has 0 aliphatic heterocycles. The van der Waals surface area contributed by atoms with E-state index in [9.17, 15) is 0 Å². The Labute approximate surface area is 78.0 Å². The molecule has 1 N–H and O–H groups in total. The molecule has 0 aromatic heterocycles. The van der Waals surface area contributed by atoms with Crippen LogP contribution in [-0.2, 0) is 9.68 Å². The Morgan fingerprint density at radius 2 is 1.92 bits per heavy atom. The summed E-state index contributed by atoms with van der Waals surface area (Å²) in [7, 11) is 5.02. The lowest BCUT2D eigenvalue weighted by molar-refractivity contribution is 0.184. The van der Waals surface area contributed by atoms with Gasteiger partial charge in [-0.05, 0) is 12.1 Å². The maximum absolute atomic E-state index is 5.06. The number of nitrogens with one attached hydrogen (secondary N) is 1. The van der Waals surface area contributed by atoms with E-state index in [1.807, 2.05) is 31.3 Å². The molecule has 0 unspecified atom stereocenters. The third-order valence-electron chi connectivity index (χ3n) is 1.73. The van der Waals surface area contributed by atoms with Gasteiger partial charge in [0.15, 0.2) is 0 Å². The molecule has 0 saturated heterocycles. The molecule has 0 aliphatic carbocycles. The lowest BCUT2D eigenvalue weighted by atomic mass is 10.3. The van der Waals surface area contributed by atoms with E-state index in [0.29, 0.717) is 0 Å². The second-order valence-electron chi connectivity index (χ2n) is 2.50. The fraction of sp³-hybridized carbons (Fsp3) is 0.333. The molecule has 0 bridgehead atoms. The Morgan fingerprint density at radius 3 is 2.54 bits per heavy atom. The molecular formula is C9H14N2O2. The van der Waals surface area contributed by atoms with Gasteiger partial charge < -0.3 is 0 Å². The first kappa shape index (κ1) is 9.83. The number of benzene rings is 1. The van der Waals surface area contributed by atoms with E-state index in [-0.39, 0.29) is 0 Å². The summed E-state index contributed by atoms with van der Waals surface area (Å²) in [6, 6.07) is 7.71. The van der Waals surface area contributed by atoms with Crippen LogP contribution in [-0.4, -0.2) is 21.3 Å². The number of anilines is 2. The minimum Gasteiger partial charge on any atom is -0.279 e. The molecule has 0 radical (unpaired) electrons. The molecule has 0 amide bonds.